The summed E-state index contributed by atoms with van der Waals surface area (Å²) >= 11 is 0. The highest BCUT2D eigenvalue weighted by molar-refractivity contribution is 5.97. The fourth-order valence-electron chi connectivity index (χ4n) is 5.91. The van der Waals surface area contributed by atoms with E-state index in [1.807, 2.05) is 18.2 Å². The highest BCUT2D eigenvalue weighted by Gasteiger charge is 2.47. The summed E-state index contributed by atoms with van der Waals surface area (Å²) in [6, 6.07) is 7.45. The van der Waals surface area contributed by atoms with Crippen molar-refractivity contribution in [1.29, 1.82) is 0 Å². The third-order valence-corrected chi connectivity index (χ3v) is 8.14. The number of likely N-dealkylation sites (tertiary alicyclic amines) is 1. The molecule has 2 N–H and O–H groups in total. The lowest BCUT2D eigenvalue weighted by molar-refractivity contribution is 0.0723. The maximum atomic E-state index is 13.7. The average molecular weight is 492 g/mol. The number of nitrogens with two attached hydrogens (primary N) is 1. The summed E-state index contributed by atoms with van der Waals surface area (Å²) in [5, 5.41) is 0.935. The average Bonchev–Trinajstić information content (AvgIpc) is 3.44. The van der Waals surface area contributed by atoms with Crippen molar-refractivity contribution in [3.8, 4) is 11.5 Å². The molecule has 8 nitrogen and oxygen atoms in total. The minimum absolute atomic E-state index is 0.177. The first-order chi connectivity index (χ1) is 17.5. The maximum absolute atomic E-state index is 13.7. The molecule has 0 aromatic carbocycles. The van der Waals surface area contributed by atoms with E-state index in [0.717, 1.165) is 49.0 Å². The zero-order valence-corrected chi connectivity index (χ0v) is 19.7. The molecular weight excluding hydrogens is 464 g/mol. The molecule has 0 radical (unpaired) electrons. The minimum atomic E-state index is -2.58. The topological polar surface area (TPSA) is 94.9 Å². The Hall–Kier alpha value is -3.40. The van der Waals surface area contributed by atoms with Gasteiger partial charge < -0.3 is 19.8 Å². The molecule has 4 aromatic heterocycles. The molecule has 1 amide bonds. The number of hydrogen-bond donors (Lipinski definition) is 1. The SMILES string of the molecule is N[C@@H]1[C@@H]2CC[C@@H]2CN1C(=O)c1cnc2c(c1)nc(-c1cc3cccnc3n1CC1CC1)n2CC(F)F. The summed E-state index contributed by atoms with van der Waals surface area (Å²) in [6.07, 6.45) is 4.78. The molecule has 2 saturated carbocycles. The molecule has 5 heterocycles. The third kappa shape index (κ3) is 3.42. The molecular formula is C26H27F2N7O. The Labute approximate surface area is 206 Å². The number of alkyl halides is 2. The van der Waals surface area contributed by atoms with Gasteiger partial charge in [0.05, 0.1) is 24.0 Å². The van der Waals surface area contributed by atoms with Crippen molar-refractivity contribution in [3.63, 3.8) is 0 Å². The van der Waals surface area contributed by atoms with Crippen LogP contribution in [-0.2, 0) is 13.1 Å². The predicted molar refractivity (Wildman–Crippen MR) is 130 cm³/mol. The van der Waals surface area contributed by atoms with Crippen LogP contribution in [0.4, 0.5) is 8.78 Å². The van der Waals surface area contributed by atoms with Crippen molar-refractivity contribution in [2.75, 3.05) is 6.54 Å². The maximum Gasteiger partial charge on any atom is 0.256 e. The monoisotopic (exact) mass is 491 g/mol. The van der Waals surface area contributed by atoms with Gasteiger partial charge in [0.15, 0.2) is 11.5 Å². The third-order valence-electron chi connectivity index (χ3n) is 8.14. The van der Waals surface area contributed by atoms with Crippen LogP contribution in [0.25, 0.3) is 33.7 Å². The van der Waals surface area contributed by atoms with Crippen LogP contribution in [0.1, 0.15) is 36.0 Å². The van der Waals surface area contributed by atoms with Crippen molar-refractivity contribution in [2.45, 2.75) is 51.4 Å². The summed E-state index contributed by atoms with van der Waals surface area (Å²) in [4.78, 5) is 28.8. The molecule has 4 aromatic rings. The fraction of sp³-hybridized carbons (Fsp3) is 0.462. The molecule has 0 bridgehead atoms. The summed E-state index contributed by atoms with van der Waals surface area (Å²) in [5.41, 5.74) is 9.04. The zero-order valence-electron chi connectivity index (χ0n) is 19.7. The van der Waals surface area contributed by atoms with Crippen LogP contribution in [0.3, 0.4) is 0 Å². The van der Waals surface area contributed by atoms with Crippen molar-refractivity contribution in [2.24, 2.45) is 23.5 Å². The Morgan fingerprint density at radius 3 is 2.67 bits per heavy atom. The quantitative estimate of drug-likeness (QED) is 0.442. The molecule has 36 heavy (non-hydrogen) atoms. The fourth-order valence-corrected chi connectivity index (χ4v) is 5.91. The number of carbonyl (C=O) groups is 1. The van der Waals surface area contributed by atoms with Crippen LogP contribution >= 0.6 is 0 Å². The van der Waals surface area contributed by atoms with Crippen LogP contribution in [0, 0.1) is 17.8 Å². The van der Waals surface area contributed by atoms with Crippen LogP contribution in [0.15, 0.2) is 36.7 Å². The Morgan fingerprint density at radius 1 is 1.11 bits per heavy atom. The Bertz CT molecular complexity index is 1490. The van der Waals surface area contributed by atoms with Gasteiger partial charge >= 0.3 is 0 Å². The molecule has 3 fully saturated rings. The van der Waals surface area contributed by atoms with Crippen LogP contribution < -0.4 is 5.73 Å². The van der Waals surface area contributed by atoms with Crippen molar-refractivity contribution >= 4 is 28.1 Å². The van der Waals surface area contributed by atoms with E-state index in [0.29, 0.717) is 46.9 Å². The first kappa shape index (κ1) is 21.8. The van der Waals surface area contributed by atoms with Crippen molar-refractivity contribution in [1.82, 2.24) is 29.0 Å². The van der Waals surface area contributed by atoms with Gasteiger partial charge in [-0.25, -0.2) is 23.7 Å². The number of hydrogen-bond acceptors (Lipinski definition) is 5. The Morgan fingerprint density at radius 2 is 1.97 bits per heavy atom. The largest absolute Gasteiger partial charge is 0.323 e. The van der Waals surface area contributed by atoms with E-state index in [4.69, 9.17) is 10.7 Å². The van der Waals surface area contributed by atoms with Crippen molar-refractivity contribution < 1.29 is 13.6 Å². The highest BCUT2D eigenvalue weighted by atomic mass is 19.3. The van der Waals surface area contributed by atoms with Gasteiger partial charge in [0.2, 0.25) is 0 Å². The molecule has 3 aliphatic rings. The minimum Gasteiger partial charge on any atom is -0.323 e. The van der Waals surface area contributed by atoms with E-state index in [9.17, 15) is 13.6 Å². The second kappa shape index (κ2) is 8.06. The van der Waals surface area contributed by atoms with Crippen LogP contribution in [0.2, 0.25) is 0 Å². The lowest BCUT2D eigenvalue weighted by Crippen LogP contribution is -2.44. The molecule has 3 atom stereocenters. The zero-order chi connectivity index (χ0) is 24.6. The van der Waals surface area contributed by atoms with E-state index in [1.165, 1.54) is 10.8 Å². The van der Waals surface area contributed by atoms with Gasteiger partial charge in [-0.05, 0) is 67.7 Å². The number of amides is 1. The smallest absolute Gasteiger partial charge is 0.256 e. The molecule has 10 heteroatoms. The summed E-state index contributed by atoms with van der Waals surface area (Å²) in [7, 11) is 0. The van der Waals surface area contributed by atoms with E-state index < -0.39 is 13.0 Å². The molecule has 0 unspecified atom stereocenters. The van der Waals surface area contributed by atoms with E-state index in [-0.39, 0.29) is 12.1 Å². The molecule has 1 aliphatic heterocycles. The summed E-state index contributed by atoms with van der Waals surface area (Å²) in [5.74, 6) is 1.63. The van der Waals surface area contributed by atoms with Gasteiger partial charge in [-0.3, -0.25) is 4.79 Å². The second-order valence-corrected chi connectivity index (χ2v) is 10.5. The van der Waals surface area contributed by atoms with Crippen LogP contribution in [-0.4, -0.2) is 54.0 Å². The lowest BCUT2D eigenvalue weighted by Gasteiger charge is -2.31. The molecule has 1 saturated heterocycles. The molecule has 0 spiro atoms. The highest BCUT2D eigenvalue weighted by Crippen LogP contribution is 2.43. The molecule has 2 aliphatic carbocycles. The number of carbonyl (C=O) groups excluding carboxylic acids is 1. The first-order valence-electron chi connectivity index (χ1n) is 12.6. The summed E-state index contributed by atoms with van der Waals surface area (Å²) < 4.78 is 31.0. The lowest BCUT2D eigenvalue weighted by atomic mass is 9.75. The number of pyridine rings is 2. The Balaban J connectivity index is 1.33. The first-order valence-corrected chi connectivity index (χ1v) is 12.6. The standard InChI is InChI=1S/C26H27F2N7O/c27-21(28)13-35-24-19(8-17(10-31-24)26(36)34-12-16-5-6-18(16)22(34)29)32-25(35)20-9-15-2-1-7-30-23(15)33(20)11-14-3-4-14/h1-2,7-10,14,16,18,21-22H,3-6,11-13,29H2/t16-,18-,22+/m1/s1. The van der Waals surface area contributed by atoms with Gasteiger partial charge in [-0.1, -0.05) is 0 Å². The molecule has 186 valence electrons. The number of imidazole rings is 1. The Kier molecular flexibility index (Phi) is 4.89. The summed E-state index contributed by atoms with van der Waals surface area (Å²) in [6.45, 7) is 0.882. The van der Waals surface area contributed by atoms with E-state index in [2.05, 4.69) is 14.5 Å². The van der Waals surface area contributed by atoms with Crippen molar-refractivity contribution in [3.05, 3.63) is 42.2 Å². The number of rotatable bonds is 6. The van der Waals surface area contributed by atoms with Gasteiger partial charge in [-0.15, -0.1) is 0 Å². The number of nitrogens with zero attached hydrogens (tertiary/aromatic N) is 6. The van der Waals surface area contributed by atoms with Crippen LogP contribution in [0.5, 0.6) is 0 Å². The number of halogens is 2. The van der Waals surface area contributed by atoms with E-state index in [1.54, 1.807) is 17.2 Å². The normalized spacial score (nSPS) is 23.6. The van der Waals surface area contributed by atoms with Gasteiger partial charge in [0.1, 0.15) is 11.2 Å². The number of fused-ring (bicyclic) bond motifs is 3. The predicted octanol–water partition coefficient (Wildman–Crippen LogP) is 3.89. The van der Waals surface area contributed by atoms with E-state index >= 15 is 0 Å². The second-order valence-electron chi connectivity index (χ2n) is 10.5. The van der Waals surface area contributed by atoms with Gasteiger partial charge in [0.25, 0.3) is 12.3 Å². The van der Waals surface area contributed by atoms with Gasteiger partial charge in [-0.2, -0.15) is 0 Å². The number of aromatic nitrogens is 5. The molecule has 7 rings (SSSR count). The van der Waals surface area contributed by atoms with Gasteiger partial charge in [0, 0.05) is 30.9 Å².